The van der Waals surface area contributed by atoms with Crippen LogP contribution in [0, 0.1) is 0 Å². The summed E-state index contributed by atoms with van der Waals surface area (Å²) in [7, 11) is 1.63. The van der Waals surface area contributed by atoms with Crippen molar-refractivity contribution in [2.75, 3.05) is 32.5 Å². The molecule has 2 amide bonds. The summed E-state index contributed by atoms with van der Waals surface area (Å²) < 4.78 is 13.2. The summed E-state index contributed by atoms with van der Waals surface area (Å²) >= 11 is 1.54. The van der Waals surface area contributed by atoms with E-state index >= 15 is 0 Å². The monoisotopic (exact) mass is 621 g/mol. The van der Waals surface area contributed by atoms with Crippen molar-refractivity contribution in [1.82, 2.24) is 24.6 Å². The lowest BCUT2D eigenvalue weighted by Gasteiger charge is -2.40. The highest BCUT2D eigenvalue weighted by Gasteiger charge is 2.30. The molecule has 2 aromatic heterocycles. The number of amides is 2. The van der Waals surface area contributed by atoms with Gasteiger partial charge in [0, 0.05) is 43.4 Å². The summed E-state index contributed by atoms with van der Waals surface area (Å²) in [6.45, 7) is 3.57. The van der Waals surface area contributed by atoms with Crippen molar-refractivity contribution in [2.24, 2.45) is 0 Å². The minimum Gasteiger partial charge on any atom is -0.495 e. The van der Waals surface area contributed by atoms with Crippen LogP contribution in [0.15, 0.2) is 107 Å². The maximum Gasteiger partial charge on any atom is 0.254 e. The van der Waals surface area contributed by atoms with Crippen LogP contribution in [0.2, 0.25) is 0 Å². The van der Waals surface area contributed by atoms with Gasteiger partial charge in [-0.3, -0.25) is 14.2 Å². The van der Waals surface area contributed by atoms with Crippen LogP contribution in [0.4, 0.5) is 0 Å². The van der Waals surface area contributed by atoms with Crippen molar-refractivity contribution in [3.05, 3.63) is 103 Å². The minimum atomic E-state index is -0.0715. The number of rotatable bonds is 10. The van der Waals surface area contributed by atoms with E-state index in [2.05, 4.69) is 22.3 Å². The number of methoxy groups -OCH3 is 1. The van der Waals surface area contributed by atoms with Gasteiger partial charge in [0.2, 0.25) is 11.7 Å². The van der Waals surface area contributed by atoms with Crippen molar-refractivity contribution in [3.8, 4) is 34.1 Å². The highest BCUT2D eigenvalue weighted by Crippen LogP contribution is 2.33. The molecule has 0 spiro atoms. The molecule has 5 aromatic rings. The Morgan fingerprint density at radius 2 is 1.67 bits per heavy atom. The molecule has 9 nitrogen and oxygen atoms in total. The van der Waals surface area contributed by atoms with Crippen molar-refractivity contribution in [2.45, 2.75) is 31.0 Å². The largest absolute Gasteiger partial charge is 0.495 e. The Labute approximate surface area is 266 Å². The lowest BCUT2D eigenvalue weighted by Crippen LogP contribution is -2.55. The van der Waals surface area contributed by atoms with Gasteiger partial charge in [-0.15, -0.1) is 10.2 Å². The van der Waals surface area contributed by atoms with E-state index in [0.29, 0.717) is 66.3 Å². The first-order chi connectivity index (χ1) is 22.0. The zero-order valence-electron chi connectivity index (χ0n) is 25.3. The van der Waals surface area contributed by atoms with Gasteiger partial charge in [0.1, 0.15) is 5.75 Å². The number of carbonyl (C=O) groups excluding carboxylic acids is 2. The summed E-state index contributed by atoms with van der Waals surface area (Å²) in [6.07, 6.45) is 2.71. The first-order valence-electron chi connectivity index (χ1n) is 15.0. The number of hydrogen-bond acceptors (Lipinski definition) is 7. The van der Waals surface area contributed by atoms with Gasteiger partial charge in [-0.1, -0.05) is 66.4 Å². The first kappa shape index (κ1) is 30.2. The molecule has 0 radical (unpaired) electrons. The molecule has 6 rings (SSSR count). The highest BCUT2D eigenvalue weighted by atomic mass is 32.2. The van der Waals surface area contributed by atoms with Crippen LogP contribution in [0.1, 0.15) is 30.1 Å². The smallest absolute Gasteiger partial charge is 0.254 e. The van der Waals surface area contributed by atoms with E-state index in [9.17, 15) is 9.59 Å². The van der Waals surface area contributed by atoms with Crippen LogP contribution in [0.5, 0.6) is 5.75 Å². The maximum atomic E-state index is 13.3. The first-order valence-corrected chi connectivity index (χ1v) is 16.0. The number of carbonyl (C=O) groups is 2. The van der Waals surface area contributed by atoms with Gasteiger partial charge in [0.15, 0.2) is 10.9 Å². The second-order valence-corrected chi connectivity index (χ2v) is 11.9. The van der Waals surface area contributed by atoms with E-state index in [1.54, 1.807) is 13.4 Å². The number of benzene rings is 3. The number of furan rings is 1. The Bertz CT molecular complexity index is 1740. The fourth-order valence-corrected chi connectivity index (χ4v) is 6.48. The van der Waals surface area contributed by atoms with Gasteiger partial charge >= 0.3 is 0 Å². The number of aromatic nitrogens is 3. The van der Waals surface area contributed by atoms with E-state index in [-0.39, 0.29) is 17.9 Å². The van der Waals surface area contributed by atoms with Crippen LogP contribution < -0.4 is 4.74 Å². The van der Waals surface area contributed by atoms with Gasteiger partial charge in [-0.2, -0.15) is 0 Å². The number of nitrogens with zero attached hydrogens (tertiary/aromatic N) is 5. The molecular formula is C35H35N5O4S. The van der Waals surface area contributed by atoms with E-state index in [4.69, 9.17) is 9.15 Å². The Morgan fingerprint density at radius 1 is 0.911 bits per heavy atom. The van der Waals surface area contributed by atoms with E-state index in [1.807, 2.05) is 100 Å². The standard InChI is InChI=1S/C35H35N5O4S/c1-25-24-38(20-21-39(25)34(42)28-18-16-27(17-19-28)26-10-4-3-5-11-26)32(41)15-9-23-45-35-37-36-33(31-14-8-22-44-31)40(35)29-12-6-7-13-30(29)43-2/h3-8,10-14,16-19,22,25H,9,15,20-21,23-24H2,1-2H3. The molecule has 1 unspecified atom stereocenters. The molecule has 45 heavy (non-hydrogen) atoms. The van der Waals surface area contributed by atoms with Crippen LogP contribution in [-0.4, -0.2) is 74.9 Å². The topological polar surface area (TPSA) is 93.7 Å². The molecule has 10 heteroatoms. The van der Waals surface area contributed by atoms with E-state index in [0.717, 1.165) is 16.8 Å². The minimum absolute atomic E-state index is 0.00122. The van der Waals surface area contributed by atoms with E-state index < -0.39 is 0 Å². The molecule has 1 aliphatic rings. The normalized spacial score (nSPS) is 14.8. The molecule has 1 fully saturated rings. The number of para-hydroxylation sites is 2. The van der Waals surface area contributed by atoms with Crippen molar-refractivity contribution in [3.63, 3.8) is 0 Å². The molecule has 230 valence electrons. The number of thioether (sulfide) groups is 1. The SMILES string of the molecule is COc1ccccc1-n1c(SCCCC(=O)N2CCN(C(=O)c3ccc(-c4ccccc4)cc3)C(C)C2)nnc1-c1ccco1. The van der Waals surface area contributed by atoms with Crippen LogP contribution in [0.3, 0.4) is 0 Å². The van der Waals surface area contributed by atoms with Crippen molar-refractivity contribution in [1.29, 1.82) is 0 Å². The van der Waals surface area contributed by atoms with Gasteiger partial charge < -0.3 is 19.0 Å². The molecule has 1 aliphatic heterocycles. The van der Waals surface area contributed by atoms with Crippen LogP contribution in [0.25, 0.3) is 28.4 Å². The molecule has 1 saturated heterocycles. The number of ether oxygens (including phenoxy) is 1. The molecule has 1 atom stereocenters. The molecule has 0 saturated carbocycles. The summed E-state index contributed by atoms with van der Waals surface area (Å²) in [6, 6.07) is 29.1. The average molecular weight is 622 g/mol. The van der Waals surface area contributed by atoms with E-state index in [1.165, 1.54) is 11.8 Å². The lowest BCUT2D eigenvalue weighted by molar-refractivity contribution is -0.133. The number of hydrogen-bond donors (Lipinski definition) is 0. The van der Waals surface area contributed by atoms with Gasteiger partial charge in [-0.05, 0) is 60.9 Å². The van der Waals surface area contributed by atoms with Gasteiger partial charge in [-0.25, -0.2) is 0 Å². The lowest BCUT2D eigenvalue weighted by atomic mass is 10.0. The zero-order chi connectivity index (χ0) is 31.2. The predicted molar refractivity (Wildman–Crippen MR) is 175 cm³/mol. The molecular weight excluding hydrogens is 586 g/mol. The second kappa shape index (κ2) is 13.9. The van der Waals surface area contributed by atoms with Crippen LogP contribution in [-0.2, 0) is 4.79 Å². The van der Waals surface area contributed by atoms with Crippen molar-refractivity contribution < 1.29 is 18.7 Å². The predicted octanol–water partition coefficient (Wildman–Crippen LogP) is 6.45. The van der Waals surface area contributed by atoms with Gasteiger partial charge in [0.05, 0.1) is 19.1 Å². The number of piperazine rings is 1. The summed E-state index contributed by atoms with van der Waals surface area (Å²) in [5, 5.41) is 9.53. The summed E-state index contributed by atoms with van der Waals surface area (Å²) in [4.78, 5) is 30.2. The van der Waals surface area contributed by atoms with Crippen molar-refractivity contribution >= 4 is 23.6 Å². The molecule has 0 bridgehead atoms. The third-order valence-corrected chi connectivity index (χ3v) is 8.96. The average Bonchev–Trinajstić information content (AvgIpc) is 3.77. The second-order valence-electron chi connectivity index (χ2n) is 10.9. The molecule has 0 aliphatic carbocycles. The van der Waals surface area contributed by atoms with Crippen LogP contribution >= 0.6 is 11.8 Å². The summed E-state index contributed by atoms with van der Waals surface area (Å²) in [5.74, 6) is 2.66. The fraction of sp³-hybridized carbons (Fsp3) is 0.257. The Balaban J connectivity index is 1.03. The Morgan fingerprint density at radius 3 is 2.40 bits per heavy atom. The third-order valence-electron chi connectivity index (χ3n) is 7.95. The summed E-state index contributed by atoms with van der Waals surface area (Å²) in [5.41, 5.74) is 3.66. The Kier molecular flexibility index (Phi) is 9.30. The highest BCUT2D eigenvalue weighted by molar-refractivity contribution is 7.99. The molecule has 3 heterocycles. The molecule has 0 N–H and O–H groups in total. The molecule has 3 aromatic carbocycles. The zero-order valence-corrected chi connectivity index (χ0v) is 26.2. The maximum absolute atomic E-state index is 13.3. The quantitative estimate of drug-likeness (QED) is 0.131. The van der Waals surface area contributed by atoms with Gasteiger partial charge in [0.25, 0.3) is 5.91 Å². The Hall–Kier alpha value is -4.83. The fourth-order valence-electron chi connectivity index (χ4n) is 5.59. The third kappa shape index (κ3) is 6.66.